The zero-order valence-electron chi connectivity index (χ0n) is 17.7. The predicted octanol–water partition coefficient (Wildman–Crippen LogP) is 3.80. The third-order valence-electron chi connectivity index (χ3n) is 5.42. The lowest BCUT2D eigenvalue weighted by Crippen LogP contribution is -2.51. The molecule has 0 aromatic carbocycles. The Bertz CT molecular complexity index is 984. The van der Waals surface area contributed by atoms with Crippen molar-refractivity contribution >= 4 is 23.2 Å². The molecular weight excluding hydrogens is 408 g/mol. The fourth-order valence-corrected chi connectivity index (χ4v) is 4.10. The zero-order valence-corrected chi connectivity index (χ0v) is 17.7. The maximum atomic E-state index is 13.8. The molecule has 3 fully saturated rings. The minimum atomic E-state index is -3.18. The van der Waals surface area contributed by atoms with Crippen molar-refractivity contribution in [3.63, 3.8) is 0 Å². The molecule has 5 rings (SSSR count). The molecule has 1 amide bonds. The van der Waals surface area contributed by atoms with Crippen LogP contribution < -0.4 is 15.4 Å². The van der Waals surface area contributed by atoms with Crippen LogP contribution in [0.25, 0.3) is 0 Å². The first-order valence-corrected chi connectivity index (χ1v) is 10.1. The highest BCUT2D eigenvalue weighted by atomic mass is 19.3. The van der Waals surface area contributed by atoms with Gasteiger partial charge in [0.15, 0.2) is 5.75 Å². The van der Waals surface area contributed by atoms with Crippen LogP contribution in [0.5, 0.6) is 5.75 Å². The number of carbonyl (C=O) groups excluding carboxylic acids is 1. The molecule has 10 heteroatoms. The van der Waals surface area contributed by atoms with Crippen molar-refractivity contribution in [1.82, 2.24) is 15.0 Å². The number of alkyl halides is 2. The van der Waals surface area contributed by atoms with Crippen molar-refractivity contribution in [3.8, 4) is 5.75 Å². The smallest absolute Gasteiger partial charge is 0.303 e. The van der Waals surface area contributed by atoms with Gasteiger partial charge in [-0.05, 0) is 25.7 Å². The number of fused-ring (bicyclic) bond motifs is 2. The van der Waals surface area contributed by atoms with E-state index in [9.17, 15) is 13.6 Å². The standard InChI is InChI=1S/C21H25F2N5O3/c1-12-4-18(28-19(25-12)20(3,22)23)27-15-5-17(26-13(2)29)24-8-16(15)31-11-21-6-14(7-21)9-30-10-21/h4-5,8,14H,6-7,9-11H2,1-3H3,(H2,24,25,26,27,28,29). The van der Waals surface area contributed by atoms with Gasteiger partial charge >= 0.3 is 5.92 Å². The number of rotatable bonds is 7. The number of nitrogens with zero attached hydrogens (tertiary/aromatic N) is 3. The Labute approximate surface area is 178 Å². The summed E-state index contributed by atoms with van der Waals surface area (Å²) in [6, 6.07) is 3.14. The van der Waals surface area contributed by atoms with E-state index >= 15 is 0 Å². The van der Waals surface area contributed by atoms with Crippen LogP contribution in [0.3, 0.4) is 0 Å². The lowest BCUT2D eigenvalue weighted by molar-refractivity contribution is -0.146. The maximum absolute atomic E-state index is 13.8. The highest BCUT2D eigenvalue weighted by molar-refractivity contribution is 5.88. The second kappa shape index (κ2) is 7.99. The summed E-state index contributed by atoms with van der Waals surface area (Å²) in [7, 11) is 0. The highest BCUT2D eigenvalue weighted by Gasteiger charge is 2.48. The molecule has 0 radical (unpaired) electrons. The molecule has 4 heterocycles. The zero-order chi connectivity index (χ0) is 22.2. The number of anilines is 3. The number of hydrogen-bond acceptors (Lipinski definition) is 7. The monoisotopic (exact) mass is 433 g/mol. The molecule has 2 aromatic heterocycles. The predicted molar refractivity (Wildman–Crippen MR) is 110 cm³/mol. The van der Waals surface area contributed by atoms with Crippen molar-refractivity contribution in [2.45, 2.75) is 39.5 Å². The number of aromatic nitrogens is 3. The minimum Gasteiger partial charge on any atom is -0.489 e. The third kappa shape index (κ3) is 4.90. The average Bonchev–Trinajstić information content (AvgIpc) is 2.65. The van der Waals surface area contributed by atoms with Crippen molar-refractivity contribution in [2.75, 3.05) is 30.5 Å². The number of hydrogen-bond donors (Lipinski definition) is 2. The molecule has 3 aliphatic rings. The van der Waals surface area contributed by atoms with Gasteiger partial charge in [-0.3, -0.25) is 4.79 Å². The maximum Gasteiger partial charge on any atom is 0.303 e. The van der Waals surface area contributed by atoms with E-state index in [1.165, 1.54) is 13.1 Å². The Hall–Kier alpha value is -2.88. The van der Waals surface area contributed by atoms with Gasteiger partial charge in [-0.1, -0.05) is 0 Å². The molecular formula is C21H25F2N5O3. The molecule has 8 nitrogen and oxygen atoms in total. The summed E-state index contributed by atoms with van der Waals surface area (Å²) in [5.41, 5.74) is 0.844. The number of pyridine rings is 1. The van der Waals surface area contributed by atoms with Gasteiger partial charge in [0.2, 0.25) is 11.7 Å². The summed E-state index contributed by atoms with van der Waals surface area (Å²) in [5.74, 6) is -2.52. The Kier molecular flexibility index (Phi) is 5.50. The van der Waals surface area contributed by atoms with Crippen LogP contribution in [0.2, 0.25) is 0 Å². The van der Waals surface area contributed by atoms with E-state index in [0.717, 1.165) is 26.4 Å². The largest absolute Gasteiger partial charge is 0.489 e. The van der Waals surface area contributed by atoms with Crippen molar-refractivity contribution < 1.29 is 23.0 Å². The van der Waals surface area contributed by atoms with E-state index in [2.05, 4.69) is 25.6 Å². The van der Waals surface area contributed by atoms with Crippen LogP contribution in [0.15, 0.2) is 18.3 Å². The number of nitrogens with one attached hydrogen (secondary N) is 2. The summed E-state index contributed by atoms with van der Waals surface area (Å²) in [6.45, 7) is 5.66. The van der Waals surface area contributed by atoms with E-state index in [1.807, 2.05) is 0 Å². The molecule has 2 N–H and O–H groups in total. The minimum absolute atomic E-state index is 0.000561. The van der Waals surface area contributed by atoms with Crippen LogP contribution in [-0.4, -0.2) is 40.7 Å². The molecule has 2 saturated heterocycles. The van der Waals surface area contributed by atoms with Crippen LogP contribution in [0.1, 0.15) is 38.2 Å². The van der Waals surface area contributed by atoms with Gasteiger partial charge in [0, 0.05) is 43.7 Å². The third-order valence-corrected chi connectivity index (χ3v) is 5.42. The van der Waals surface area contributed by atoms with Crippen LogP contribution >= 0.6 is 0 Å². The fraction of sp³-hybridized carbons (Fsp3) is 0.524. The molecule has 0 unspecified atom stereocenters. The molecule has 166 valence electrons. The van der Waals surface area contributed by atoms with E-state index < -0.39 is 11.7 Å². The van der Waals surface area contributed by atoms with Gasteiger partial charge in [0.1, 0.15) is 11.6 Å². The lowest BCUT2D eigenvalue weighted by atomic mass is 9.61. The first-order valence-electron chi connectivity index (χ1n) is 10.1. The van der Waals surface area contributed by atoms with Gasteiger partial charge in [0.05, 0.1) is 25.1 Å². The summed E-state index contributed by atoms with van der Waals surface area (Å²) in [6.07, 6.45) is 3.62. The number of amides is 1. The van der Waals surface area contributed by atoms with Gasteiger partial charge < -0.3 is 20.1 Å². The van der Waals surface area contributed by atoms with Gasteiger partial charge in [-0.2, -0.15) is 8.78 Å². The SMILES string of the molecule is CC(=O)Nc1cc(Nc2cc(C)nc(C(C)(F)F)n2)c(OCC23COCC(C2)C3)cn1. The number of halogens is 2. The van der Waals surface area contributed by atoms with Crippen LogP contribution in [0.4, 0.5) is 26.1 Å². The molecule has 0 spiro atoms. The van der Waals surface area contributed by atoms with Crippen LogP contribution in [0, 0.1) is 18.3 Å². The second-order valence-corrected chi connectivity index (χ2v) is 8.56. The molecule has 31 heavy (non-hydrogen) atoms. The normalized spacial score (nSPS) is 22.4. The Morgan fingerprint density at radius 3 is 2.74 bits per heavy atom. The summed E-state index contributed by atoms with van der Waals surface area (Å²) in [4.78, 5) is 23.4. The number of aryl methyl sites for hydroxylation is 1. The Morgan fingerprint density at radius 1 is 1.32 bits per heavy atom. The molecule has 1 aliphatic carbocycles. The highest BCUT2D eigenvalue weighted by Crippen LogP contribution is 2.50. The average molecular weight is 433 g/mol. The van der Waals surface area contributed by atoms with Crippen LogP contribution in [-0.2, 0) is 15.5 Å². The fourth-order valence-electron chi connectivity index (χ4n) is 4.10. The molecule has 2 aromatic rings. The van der Waals surface area contributed by atoms with E-state index in [1.54, 1.807) is 19.1 Å². The summed E-state index contributed by atoms with van der Waals surface area (Å²) < 4.78 is 39.2. The van der Waals surface area contributed by atoms with Crippen molar-refractivity contribution in [1.29, 1.82) is 0 Å². The first-order chi connectivity index (χ1) is 14.6. The quantitative estimate of drug-likeness (QED) is 0.685. The Morgan fingerprint density at radius 2 is 2.10 bits per heavy atom. The second-order valence-electron chi connectivity index (χ2n) is 8.56. The molecule has 2 bridgehead atoms. The van der Waals surface area contributed by atoms with E-state index in [-0.39, 0.29) is 17.1 Å². The molecule has 0 atom stereocenters. The van der Waals surface area contributed by atoms with Gasteiger partial charge in [-0.15, -0.1) is 0 Å². The molecule has 2 aliphatic heterocycles. The van der Waals surface area contributed by atoms with E-state index in [0.29, 0.717) is 42.1 Å². The topological polar surface area (TPSA) is 98.3 Å². The van der Waals surface area contributed by atoms with E-state index in [4.69, 9.17) is 9.47 Å². The van der Waals surface area contributed by atoms with Crippen molar-refractivity contribution in [3.05, 3.63) is 29.8 Å². The molecule has 1 saturated carbocycles. The summed E-state index contributed by atoms with van der Waals surface area (Å²) in [5, 5.41) is 5.63. The van der Waals surface area contributed by atoms with Gasteiger partial charge in [-0.25, -0.2) is 15.0 Å². The lowest BCUT2D eigenvalue weighted by Gasteiger charge is -2.51. The number of carbonyl (C=O) groups is 1. The van der Waals surface area contributed by atoms with Crippen molar-refractivity contribution in [2.24, 2.45) is 11.3 Å². The Balaban J connectivity index is 1.59. The van der Waals surface area contributed by atoms with Gasteiger partial charge in [0.25, 0.3) is 0 Å². The summed E-state index contributed by atoms with van der Waals surface area (Å²) >= 11 is 0. The first kappa shape index (κ1) is 21.4. The number of ether oxygens (including phenoxy) is 2.